The lowest BCUT2D eigenvalue weighted by molar-refractivity contribution is -0.138. The maximum atomic E-state index is 11.4. The van der Waals surface area contributed by atoms with Gasteiger partial charge in [-0.15, -0.1) is 11.8 Å². The van der Waals surface area contributed by atoms with E-state index in [4.69, 9.17) is 11.6 Å². The molecule has 0 fully saturated rings. The number of halogens is 1. The van der Waals surface area contributed by atoms with Gasteiger partial charge in [-0.1, -0.05) is 41.9 Å². The Morgan fingerprint density at radius 3 is 2.55 bits per heavy atom. The number of carboxylic acid groups (broad SMARTS) is 1. The summed E-state index contributed by atoms with van der Waals surface area (Å²) in [5, 5.41) is 9.94. The van der Waals surface area contributed by atoms with Gasteiger partial charge in [0.25, 0.3) is 0 Å². The highest BCUT2D eigenvalue weighted by molar-refractivity contribution is 7.99. The molecular weight excluding hydrogens is 292 g/mol. The first-order chi connectivity index (χ1) is 9.66. The van der Waals surface area contributed by atoms with Gasteiger partial charge in [0.05, 0.1) is 5.92 Å². The molecule has 2 rings (SSSR count). The third-order valence-corrected chi connectivity index (χ3v) is 4.25. The predicted molar refractivity (Wildman–Crippen MR) is 83.6 cm³/mol. The van der Waals surface area contributed by atoms with Crippen LogP contribution in [0.4, 0.5) is 0 Å². The van der Waals surface area contributed by atoms with Crippen LogP contribution in [0.15, 0.2) is 59.5 Å². The molecule has 1 atom stereocenters. The quantitative estimate of drug-likeness (QED) is 0.787. The Labute approximate surface area is 127 Å². The van der Waals surface area contributed by atoms with Crippen LogP contribution in [0.5, 0.6) is 0 Å². The first kappa shape index (κ1) is 14.9. The van der Waals surface area contributed by atoms with Crippen LogP contribution in [0.3, 0.4) is 0 Å². The van der Waals surface area contributed by atoms with E-state index in [0.717, 1.165) is 16.2 Å². The Hall–Kier alpha value is -1.45. The number of thioether (sulfide) groups is 1. The van der Waals surface area contributed by atoms with Crippen LogP contribution in [-0.2, 0) is 4.79 Å². The summed E-state index contributed by atoms with van der Waals surface area (Å²) in [6.07, 6.45) is 0.579. The monoisotopic (exact) mass is 306 g/mol. The second-order valence-electron chi connectivity index (χ2n) is 4.40. The van der Waals surface area contributed by atoms with Crippen molar-refractivity contribution < 1.29 is 9.90 Å². The summed E-state index contributed by atoms with van der Waals surface area (Å²) in [5.74, 6) is -0.557. The van der Waals surface area contributed by atoms with Crippen LogP contribution in [0, 0.1) is 0 Å². The number of rotatable bonds is 6. The summed E-state index contributed by atoms with van der Waals surface area (Å²) >= 11 is 7.59. The number of hydrogen-bond acceptors (Lipinski definition) is 2. The molecule has 0 amide bonds. The van der Waals surface area contributed by atoms with Crippen LogP contribution < -0.4 is 0 Å². The van der Waals surface area contributed by atoms with Crippen molar-refractivity contribution >= 4 is 29.3 Å². The van der Waals surface area contributed by atoms with Gasteiger partial charge in [0.15, 0.2) is 0 Å². The topological polar surface area (TPSA) is 37.3 Å². The summed E-state index contributed by atoms with van der Waals surface area (Å²) < 4.78 is 0. The zero-order valence-corrected chi connectivity index (χ0v) is 12.4. The van der Waals surface area contributed by atoms with E-state index in [1.54, 1.807) is 30.0 Å². The number of hydrogen-bond donors (Lipinski definition) is 1. The van der Waals surface area contributed by atoms with Crippen molar-refractivity contribution in [3.05, 3.63) is 65.2 Å². The lowest BCUT2D eigenvalue weighted by Crippen LogP contribution is -2.12. The third-order valence-electron chi connectivity index (χ3n) is 2.97. The molecule has 0 radical (unpaired) electrons. The summed E-state index contributed by atoms with van der Waals surface area (Å²) in [7, 11) is 0. The highest BCUT2D eigenvalue weighted by atomic mass is 35.5. The molecule has 20 heavy (non-hydrogen) atoms. The Balaban J connectivity index is 1.98. The first-order valence-electron chi connectivity index (χ1n) is 6.33. The molecular formula is C16H15ClO2S. The van der Waals surface area contributed by atoms with Crippen molar-refractivity contribution in [2.45, 2.75) is 17.2 Å². The van der Waals surface area contributed by atoms with Gasteiger partial charge in [-0.25, -0.2) is 0 Å². The van der Waals surface area contributed by atoms with Gasteiger partial charge < -0.3 is 5.11 Å². The van der Waals surface area contributed by atoms with Gasteiger partial charge in [-0.3, -0.25) is 4.79 Å². The molecule has 104 valence electrons. The van der Waals surface area contributed by atoms with Crippen LogP contribution in [0.1, 0.15) is 17.9 Å². The Morgan fingerprint density at radius 1 is 1.15 bits per heavy atom. The average Bonchev–Trinajstić information content (AvgIpc) is 2.44. The van der Waals surface area contributed by atoms with Crippen molar-refractivity contribution in [3.8, 4) is 0 Å². The van der Waals surface area contributed by atoms with Gasteiger partial charge in [0.2, 0.25) is 0 Å². The van der Waals surface area contributed by atoms with E-state index in [0.29, 0.717) is 11.4 Å². The first-order valence-corrected chi connectivity index (χ1v) is 7.69. The maximum Gasteiger partial charge on any atom is 0.311 e. The molecule has 1 unspecified atom stereocenters. The van der Waals surface area contributed by atoms with Gasteiger partial charge in [0.1, 0.15) is 0 Å². The maximum absolute atomic E-state index is 11.4. The van der Waals surface area contributed by atoms with E-state index in [-0.39, 0.29) is 0 Å². The van der Waals surface area contributed by atoms with E-state index in [1.165, 1.54) is 0 Å². The van der Waals surface area contributed by atoms with Crippen LogP contribution >= 0.6 is 23.4 Å². The largest absolute Gasteiger partial charge is 0.481 e. The van der Waals surface area contributed by atoms with Crippen molar-refractivity contribution in [1.82, 2.24) is 0 Å². The minimum Gasteiger partial charge on any atom is -0.481 e. The standard InChI is InChI=1S/C16H15ClO2S/c17-13-6-4-5-12(11-13)15(16(18)19)9-10-20-14-7-2-1-3-8-14/h1-8,11,15H,9-10H2,(H,18,19). The molecule has 0 heterocycles. The number of aliphatic carboxylic acids is 1. The summed E-state index contributed by atoms with van der Waals surface area (Å²) in [6.45, 7) is 0. The zero-order valence-electron chi connectivity index (χ0n) is 10.8. The second kappa shape index (κ2) is 7.36. The minimum atomic E-state index is -0.805. The SMILES string of the molecule is O=C(O)C(CCSc1ccccc1)c1cccc(Cl)c1. The summed E-state index contributed by atoms with van der Waals surface area (Å²) in [5.41, 5.74) is 0.763. The molecule has 2 nitrogen and oxygen atoms in total. The average molecular weight is 307 g/mol. The van der Waals surface area contributed by atoms with E-state index >= 15 is 0 Å². The van der Waals surface area contributed by atoms with Crippen molar-refractivity contribution in [3.63, 3.8) is 0 Å². The lowest BCUT2D eigenvalue weighted by Gasteiger charge is -2.12. The fourth-order valence-electron chi connectivity index (χ4n) is 1.97. The summed E-state index contributed by atoms with van der Waals surface area (Å²) in [6, 6.07) is 17.1. The van der Waals surface area contributed by atoms with Gasteiger partial charge in [0, 0.05) is 9.92 Å². The second-order valence-corrected chi connectivity index (χ2v) is 6.00. The van der Waals surface area contributed by atoms with Gasteiger partial charge in [-0.05, 0) is 42.0 Å². The van der Waals surface area contributed by atoms with Gasteiger partial charge in [-0.2, -0.15) is 0 Å². The normalized spacial score (nSPS) is 12.1. The zero-order chi connectivity index (χ0) is 14.4. The summed E-state index contributed by atoms with van der Waals surface area (Å²) in [4.78, 5) is 12.6. The van der Waals surface area contributed by atoms with Crippen molar-refractivity contribution in [1.29, 1.82) is 0 Å². The molecule has 0 bridgehead atoms. The highest BCUT2D eigenvalue weighted by Gasteiger charge is 2.19. The number of benzene rings is 2. The third kappa shape index (κ3) is 4.29. The molecule has 0 aliphatic heterocycles. The predicted octanol–water partition coefficient (Wildman–Crippen LogP) is 4.69. The molecule has 0 aliphatic rings. The fourth-order valence-corrected chi connectivity index (χ4v) is 3.10. The van der Waals surface area contributed by atoms with E-state index < -0.39 is 11.9 Å². The van der Waals surface area contributed by atoms with E-state index in [9.17, 15) is 9.90 Å². The number of carbonyl (C=O) groups is 1. The van der Waals surface area contributed by atoms with E-state index in [2.05, 4.69) is 0 Å². The molecule has 0 aliphatic carbocycles. The molecule has 0 spiro atoms. The molecule has 2 aromatic carbocycles. The molecule has 2 aromatic rings. The molecule has 0 aromatic heterocycles. The molecule has 0 saturated carbocycles. The Morgan fingerprint density at radius 2 is 1.90 bits per heavy atom. The van der Waals surface area contributed by atoms with Crippen molar-refractivity contribution in [2.75, 3.05) is 5.75 Å². The molecule has 4 heteroatoms. The minimum absolute atomic E-state index is 0.509. The molecule has 1 N–H and O–H groups in total. The Bertz CT molecular complexity index is 572. The number of carboxylic acids is 1. The van der Waals surface area contributed by atoms with Crippen LogP contribution in [0.2, 0.25) is 5.02 Å². The highest BCUT2D eigenvalue weighted by Crippen LogP contribution is 2.27. The fraction of sp³-hybridized carbons (Fsp3) is 0.188. The Kier molecular flexibility index (Phi) is 5.50. The van der Waals surface area contributed by atoms with E-state index in [1.807, 2.05) is 36.4 Å². The molecule has 0 saturated heterocycles. The van der Waals surface area contributed by atoms with Crippen LogP contribution in [0.25, 0.3) is 0 Å². The smallest absolute Gasteiger partial charge is 0.311 e. The lowest BCUT2D eigenvalue weighted by atomic mass is 9.97. The van der Waals surface area contributed by atoms with Crippen LogP contribution in [-0.4, -0.2) is 16.8 Å². The van der Waals surface area contributed by atoms with Crippen molar-refractivity contribution in [2.24, 2.45) is 0 Å². The van der Waals surface area contributed by atoms with Gasteiger partial charge >= 0.3 is 5.97 Å².